The first-order valence-corrected chi connectivity index (χ1v) is 9.11. The van der Waals surface area contributed by atoms with Crippen molar-refractivity contribution in [3.63, 3.8) is 0 Å². The van der Waals surface area contributed by atoms with Crippen molar-refractivity contribution < 1.29 is 51.4 Å². The zero-order valence-corrected chi connectivity index (χ0v) is 18.6. The van der Waals surface area contributed by atoms with Gasteiger partial charge in [0, 0.05) is 51.5 Å². The quantitative estimate of drug-likeness (QED) is 0.507. The molecule has 0 spiro atoms. The molecule has 0 bridgehead atoms. The second kappa shape index (κ2) is 8.77. The van der Waals surface area contributed by atoms with E-state index < -0.39 is 11.3 Å². The van der Waals surface area contributed by atoms with Crippen LogP contribution in [-0.2, 0) is 52.5 Å². The smallest absolute Gasteiger partial charge is 0.309 e. The zero-order valence-electron chi connectivity index (χ0n) is 15.0. The predicted molar refractivity (Wildman–Crippen MR) is 91.9 cm³/mol. The third kappa shape index (κ3) is 4.06. The molecule has 2 fully saturated rings. The molecule has 1 saturated carbocycles. The minimum atomic E-state index is -0.419. The van der Waals surface area contributed by atoms with Gasteiger partial charge in [-0.3, -0.25) is 14.0 Å². The first kappa shape index (κ1) is 21.9. The van der Waals surface area contributed by atoms with Gasteiger partial charge in [0.1, 0.15) is 0 Å². The molecular formula is C19H22ClFNO3Y-. The van der Waals surface area contributed by atoms with Crippen LogP contribution in [0.2, 0.25) is 5.02 Å². The van der Waals surface area contributed by atoms with Gasteiger partial charge in [0.2, 0.25) is 0 Å². The molecule has 2 aliphatic rings. The molecule has 1 aliphatic carbocycles. The fourth-order valence-electron chi connectivity index (χ4n) is 3.96. The Hall–Kier alpha value is -0.356. The Morgan fingerprint density at radius 2 is 2.19 bits per heavy atom. The second-order valence-corrected chi connectivity index (χ2v) is 7.29. The van der Waals surface area contributed by atoms with Crippen molar-refractivity contribution in [3.05, 3.63) is 34.6 Å². The van der Waals surface area contributed by atoms with E-state index in [9.17, 15) is 14.0 Å². The number of carbonyl (C=O) groups is 2. The third-order valence-electron chi connectivity index (χ3n) is 5.44. The molecule has 7 heteroatoms. The number of hydrogen-bond acceptors (Lipinski definition) is 4. The molecule has 4 atom stereocenters. The Labute approximate surface area is 183 Å². The predicted octanol–water partition coefficient (Wildman–Crippen LogP) is 3.05. The van der Waals surface area contributed by atoms with Crippen LogP contribution in [-0.4, -0.2) is 30.9 Å². The summed E-state index contributed by atoms with van der Waals surface area (Å²) in [4.78, 5) is 24.6. The molecule has 0 amide bonds. The van der Waals surface area contributed by atoms with Crippen molar-refractivity contribution in [2.24, 2.45) is 11.8 Å². The monoisotopic (exact) mass is 455 g/mol. The van der Waals surface area contributed by atoms with Crippen LogP contribution in [0.4, 0.5) is 4.39 Å². The average Bonchev–Trinajstić information content (AvgIpc) is 3.20. The van der Waals surface area contributed by atoms with E-state index in [2.05, 4.69) is 11.4 Å². The van der Waals surface area contributed by atoms with E-state index in [0.29, 0.717) is 30.2 Å². The molecule has 1 N–H and O–H groups in total. The topological polar surface area (TPSA) is 55.4 Å². The molecule has 3 rings (SSSR count). The number of nitrogens with one attached hydrogen (secondary N) is 1. The van der Waals surface area contributed by atoms with Crippen molar-refractivity contribution in [2.75, 3.05) is 13.2 Å². The number of hydrogen-bond donors (Lipinski definition) is 1. The van der Waals surface area contributed by atoms with Crippen LogP contribution in [0.3, 0.4) is 0 Å². The number of benzene rings is 1. The fraction of sp³-hybridized carbons (Fsp3) is 0.579. The maximum absolute atomic E-state index is 14.2. The van der Waals surface area contributed by atoms with Crippen LogP contribution >= 0.6 is 11.6 Å². The number of rotatable bonds is 7. The number of fused-ring (bicyclic) bond motifs is 1. The number of esters is 1. The summed E-state index contributed by atoms with van der Waals surface area (Å²) in [7, 11) is 0. The van der Waals surface area contributed by atoms with Crippen molar-refractivity contribution >= 4 is 23.4 Å². The summed E-state index contributed by atoms with van der Waals surface area (Å²) in [6, 6.07) is 5.38. The standard InChI is InChI=1S/C19H22ClFNO3.Y/c1-3-11(18(24)25-4-2)7-16(23)17-14-9-19(14,10-22-17)13-8-12(20)5-6-15(13)21;/h5-6,11,14,17,22H,3-4,7,9-10H2,1-2H3;/q-1;/t11?,14-,17?,19+;/m0./s1. The van der Waals surface area contributed by atoms with Gasteiger partial charge < -0.3 is 10.1 Å². The van der Waals surface area contributed by atoms with Gasteiger partial charge in [-0.2, -0.15) is 6.07 Å². The van der Waals surface area contributed by atoms with E-state index in [4.69, 9.17) is 16.3 Å². The Morgan fingerprint density at radius 1 is 1.46 bits per heavy atom. The van der Waals surface area contributed by atoms with Crippen molar-refractivity contribution in [1.82, 2.24) is 5.32 Å². The van der Waals surface area contributed by atoms with Crippen molar-refractivity contribution in [2.45, 2.75) is 44.6 Å². The van der Waals surface area contributed by atoms with E-state index in [0.717, 1.165) is 6.42 Å². The number of ether oxygens (including phenoxy) is 1. The van der Waals surface area contributed by atoms with Crippen LogP contribution in [0.5, 0.6) is 0 Å². The van der Waals surface area contributed by atoms with Gasteiger partial charge in [0.15, 0.2) is 5.78 Å². The minimum Gasteiger partial charge on any atom is -0.466 e. The van der Waals surface area contributed by atoms with Crippen LogP contribution in [0.25, 0.3) is 0 Å². The van der Waals surface area contributed by atoms with E-state index in [-0.39, 0.29) is 68.7 Å². The van der Waals surface area contributed by atoms with E-state index in [1.165, 1.54) is 12.1 Å². The molecule has 1 aromatic carbocycles. The third-order valence-corrected chi connectivity index (χ3v) is 5.66. The summed E-state index contributed by atoms with van der Waals surface area (Å²) < 4.78 is 19.2. The Kier molecular flexibility index (Phi) is 7.40. The Balaban J connectivity index is 0.00000243. The molecule has 0 aromatic heterocycles. The van der Waals surface area contributed by atoms with Gasteiger partial charge in [-0.15, -0.1) is 29.3 Å². The molecule has 26 heavy (non-hydrogen) atoms. The maximum atomic E-state index is 14.2. The molecule has 1 saturated heterocycles. The van der Waals surface area contributed by atoms with Gasteiger partial charge in [0.05, 0.1) is 18.6 Å². The van der Waals surface area contributed by atoms with Gasteiger partial charge in [-0.25, -0.2) is 0 Å². The number of carbonyl (C=O) groups excluding carboxylic acids is 2. The number of ketones is 1. The van der Waals surface area contributed by atoms with Gasteiger partial charge in [0.25, 0.3) is 0 Å². The minimum absolute atomic E-state index is 0. The van der Waals surface area contributed by atoms with E-state index >= 15 is 0 Å². The summed E-state index contributed by atoms with van der Waals surface area (Å²) in [6.45, 7) is 4.45. The van der Waals surface area contributed by atoms with Crippen LogP contribution < -0.4 is 5.32 Å². The Bertz CT molecular complexity index is 701. The van der Waals surface area contributed by atoms with Crippen molar-refractivity contribution in [1.29, 1.82) is 0 Å². The maximum Gasteiger partial charge on any atom is 0.309 e. The van der Waals surface area contributed by atoms with Crippen LogP contribution in [0.15, 0.2) is 12.1 Å². The SMILES string of the molecule is CCOC(=O)C(CC)CC(=O)C1NC[C@@]2(c3[c-]c(Cl)ccc3F)C[C@@H]12.[Y]. The van der Waals surface area contributed by atoms with Gasteiger partial charge in [-0.05, 0) is 31.1 Å². The van der Waals surface area contributed by atoms with E-state index in [1.54, 1.807) is 6.92 Å². The fourth-order valence-corrected chi connectivity index (χ4v) is 4.12. The van der Waals surface area contributed by atoms with Crippen molar-refractivity contribution in [3.8, 4) is 0 Å². The first-order chi connectivity index (χ1) is 11.9. The summed E-state index contributed by atoms with van der Waals surface area (Å²) in [5.74, 6) is -1.06. The number of halogens is 2. The zero-order chi connectivity index (χ0) is 18.2. The molecule has 1 radical (unpaired) electrons. The summed E-state index contributed by atoms with van der Waals surface area (Å²) in [5, 5.41) is 3.59. The second-order valence-electron chi connectivity index (χ2n) is 6.88. The van der Waals surface area contributed by atoms with Gasteiger partial charge in [-0.1, -0.05) is 11.9 Å². The van der Waals surface area contributed by atoms with Gasteiger partial charge >= 0.3 is 5.97 Å². The van der Waals surface area contributed by atoms with Crippen LogP contribution in [0.1, 0.15) is 38.7 Å². The molecule has 139 valence electrons. The summed E-state index contributed by atoms with van der Waals surface area (Å²) in [5.41, 5.74) is 0.0613. The molecule has 1 aliphatic heterocycles. The molecule has 4 nitrogen and oxygen atoms in total. The molecule has 1 aromatic rings. The van der Waals surface area contributed by atoms with E-state index in [1.807, 2.05) is 6.92 Å². The number of Topliss-reactive ketones (excluding diaryl/α,β-unsaturated/α-hetero) is 1. The normalized spacial score (nSPS) is 27.2. The summed E-state index contributed by atoms with van der Waals surface area (Å²) >= 11 is 5.97. The van der Waals surface area contributed by atoms with Crippen LogP contribution in [0, 0.1) is 23.7 Å². The molecule has 1 heterocycles. The molecular weight excluding hydrogens is 434 g/mol. The number of piperidine rings is 1. The first-order valence-electron chi connectivity index (χ1n) is 8.73. The summed E-state index contributed by atoms with van der Waals surface area (Å²) in [6.07, 6.45) is 1.45. The Morgan fingerprint density at radius 3 is 2.81 bits per heavy atom. The average molecular weight is 456 g/mol. The molecule has 2 unspecified atom stereocenters. The largest absolute Gasteiger partial charge is 0.466 e.